The first-order valence-corrected chi connectivity index (χ1v) is 7.61. The fourth-order valence-electron chi connectivity index (χ4n) is 2.50. The van der Waals surface area contributed by atoms with Crippen LogP contribution in [0.25, 0.3) is 0 Å². The van der Waals surface area contributed by atoms with Crippen molar-refractivity contribution in [1.29, 1.82) is 0 Å². The lowest BCUT2D eigenvalue weighted by Crippen LogP contribution is -2.45. The van der Waals surface area contributed by atoms with E-state index in [1.54, 1.807) is 0 Å². The highest BCUT2D eigenvalue weighted by Gasteiger charge is 2.40. The SMILES string of the molecule is CC.NC(CO)C(=O)N1C[C@H](CCCB(O)O)[C@H](C(=O)O)C1. The zero-order valence-electron chi connectivity index (χ0n) is 13.2. The molecule has 9 heteroatoms. The van der Waals surface area contributed by atoms with Crippen LogP contribution in [0.1, 0.15) is 26.7 Å². The van der Waals surface area contributed by atoms with Crippen LogP contribution >= 0.6 is 0 Å². The summed E-state index contributed by atoms with van der Waals surface area (Å²) in [5.41, 5.74) is 5.45. The van der Waals surface area contributed by atoms with Crippen molar-refractivity contribution >= 4 is 19.0 Å². The number of carboxylic acid groups (broad SMARTS) is 1. The number of nitrogens with zero attached hydrogens (tertiary/aromatic N) is 1. The second kappa shape index (κ2) is 10.6. The van der Waals surface area contributed by atoms with Crippen LogP contribution in [0, 0.1) is 11.8 Å². The van der Waals surface area contributed by atoms with E-state index < -0.39 is 37.6 Å². The van der Waals surface area contributed by atoms with Crippen LogP contribution in [0.4, 0.5) is 0 Å². The number of carboxylic acids is 1. The molecular weight excluding hydrogens is 291 g/mol. The van der Waals surface area contributed by atoms with Gasteiger partial charge in [-0.15, -0.1) is 0 Å². The lowest BCUT2D eigenvalue weighted by atomic mass is 9.80. The molecule has 1 rings (SSSR count). The van der Waals surface area contributed by atoms with Crippen molar-refractivity contribution in [3.63, 3.8) is 0 Å². The Morgan fingerprint density at radius 1 is 1.32 bits per heavy atom. The summed E-state index contributed by atoms with van der Waals surface area (Å²) in [4.78, 5) is 24.4. The molecule has 1 saturated heterocycles. The number of hydrogen-bond acceptors (Lipinski definition) is 6. The summed E-state index contributed by atoms with van der Waals surface area (Å²) in [6.45, 7) is 3.87. The maximum absolute atomic E-state index is 11.8. The van der Waals surface area contributed by atoms with E-state index in [1.165, 1.54) is 4.90 Å². The topological polar surface area (TPSA) is 144 Å². The number of aliphatic hydroxyl groups is 1. The average molecular weight is 318 g/mol. The molecule has 22 heavy (non-hydrogen) atoms. The second-order valence-corrected chi connectivity index (χ2v) is 5.15. The van der Waals surface area contributed by atoms with Crippen molar-refractivity contribution in [3.8, 4) is 0 Å². The van der Waals surface area contributed by atoms with Crippen LogP contribution < -0.4 is 5.73 Å². The van der Waals surface area contributed by atoms with Crippen molar-refractivity contribution < 1.29 is 29.9 Å². The first-order valence-electron chi connectivity index (χ1n) is 7.61. The molecule has 0 aromatic heterocycles. The van der Waals surface area contributed by atoms with Crippen molar-refractivity contribution in [2.45, 2.75) is 39.1 Å². The Balaban J connectivity index is 0.00000211. The molecule has 6 N–H and O–H groups in total. The molecule has 8 nitrogen and oxygen atoms in total. The Morgan fingerprint density at radius 2 is 1.91 bits per heavy atom. The lowest BCUT2D eigenvalue weighted by Gasteiger charge is -2.19. The van der Waals surface area contributed by atoms with Gasteiger partial charge in [0.05, 0.1) is 12.5 Å². The molecule has 3 atom stereocenters. The molecule has 0 radical (unpaired) electrons. The summed E-state index contributed by atoms with van der Waals surface area (Å²) in [5, 5.41) is 35.6. The molecule has 0 aromatic carbocycles. The van der Waals surface area contributed by atoms with Gasteiger partial charge in [0.1, 0.15) is 6.04 Å². The number of hydrogen-bond donors (Lipinski definition) is 5. The van der Waals surface area contributed by atoms with E-state index >= 15 is 0 Å². The summed E-state index contributed by atoms with van der Waals surface area (Å²) in [6.07, 6.45) is 1.14. The van der Waals surface area contributed by atoms with E-state index in [9.17, 15) is 14.7 Å². The van der Waals surface area contributed by atoms with Crippen LogP contribution in [0.3, 0.4) is 0 Å². The van der Waals surface area contributed by atoms with Crippen molar-refractivity contribution in [3.05, 3.63) is 0 Å². The maximum atomic E-state index is 11.8. The van der Waals surface area contributed by atoms with E-state index in [0.717, 1.165) is 0 Å². The largest absolute Gasteiger partial charge is 0.481 e. The molecule has 0 saturated carbocycles. The predicted molar refractivity (Wildman–Crippen MR) is 81.8 cm³/mol. The van der Waals surface area contributed by atoms with E-state index in [1.807, 2.05) is 13.8 Å². The third-order valence-electron chi connectivity index (χ3n) is 3.62. The van der Waals surface area contributed by atoms with Gasteiger partial charge in [-0.1, -0.05) is 20.3 Å². The number of aliphatic hydroxyl groups excluding tert-OH is 1. The molecule has 0 aromatic rings. The van der Waals surface area contributed by atoms with Gasteiger partial charge < -0.3 is 30.9 Å². The Labute approximate surface area is 131 Å². The van der Waals surface area contributed by atoms with Gasteiger partial charge in [0.25, 0.3) is 0 Å². The van der Waals surface area contributed by atoms with Crippen LogP contribution in [0.15, 0.2) is 0 Å². The zero-order valence-corrected chi connectivity index (χ0v) is 13.2. The van der Waals surface area contributed by atoms with E-state index in [4.69, 9.17) is 20.9 Å². The third-order valence-corrected chi connectivity index (χ3v) is 3.62. The summed E-state index contributed by atoms with van der Waals surface area (Å²) >= 11 is 0. The predicted octanol–water partition coefficient (Wildman–Crippen LogP) is -1.26. The fraction of sp³-hybridized carbons (Fsp3) is 0.846. The molecule has 128 valence electrons. The number of amides is 1. The average Bonchev–Trinajstić information content (AvgIpc) is 2.91. The first kappa shape index (κ1) is 20.8. The van der Waals surface area contributed by atoms with Crippen LogP contribution in [-0.2, 0) is 9.59 Å². The zero-order chi connectivity index (χ0) is 17.3. The van der Waals surface area contributed by atoms with Gasteiger partial charge in [0.2, 0.25) is 5.91 Å². The minimum Gasteiger partial charge on any atom is -0.481 e. The van der Waals surface area contributed by atoms with Gasteiger partial charge in [0, 0.05) is 13.1 Å². The Morgan fingerprint density at radius 3 is 2.36 bits per heavy atom. The first-order chi connectivity index (χ1) is 10.4. The molecule has 1 fully saturated rings. The highest BCUT2D eigenvalue weighted by molar-refractivity contribution is 6.40. The monoisotopic (exact) mass is 318 g/mol. The molecule has 1 aliphatic rings. The number of nitrogens with two attached hydrogens (primary N) is 1. The van der Waals surface area contributed by atoms with Crippen LogP contribution in [-0.4, -0.2) is 69.9 Å². The normalized spacial score (nSPS) is 21.8. The van der Waals surface area contributed by atoms with Gasteiger partial charge in [0.15, 0.2) is 0 Å². The van der Waals surface area contributed by atoms with Gasteiger partial charge in [-0.2, -0.15) is 0 Å². The Hall–Kier alpha value is -1.16. The molecule has 0 spiro atoms. The van der Waals surface area contributed by atoms with E-state index in [0.29, 0.717) is 12.8 Å². The van der Waals surface area contributed by atoms with Gasteiger partial charge in [-0.25, -0.2) is 0 Å². The van der Waals surface area contributed by atoms with Crippen molar-refractivity contribution in [2.24, 2.45) is 17.6 Å². The maximum Gasteiger partial charge on any atom is 0.451 e. The summed E-state index contributed by atoms with van der Waals surface area (Å²) in [6, 6.07) is -1.03. The number of rotatable bonds is 7. The molecule has 1 unspecified atom stereocenters. The summed E-state index contributed by atoms with van der Waals surface area (Å²) in [5.74, 6) is -2.35. The Kier molecular flexibility index (Phi) is 10.00. The minimum atomic E-state index is -1.40. The smallest absolute Gasteiger partial charge is 0.451 e. The van der Waals surface area contributed by atoms with Gasteiger partial charge in [-0.05, 0) is 18.7 Å². The Bertz CT molecular complexity index is 355. The quantitative estimate of drug-likeness (QED) is 0.369. The van der Waals surface area contributed by atoms with Gasteiger partial charge in [-0.3, -0.25) is 9.59 Å². The van der Waals surface area contributed by atoms with Crippen LogP contribution in [0.5, 0.6) is 0 Å². The molecule has 1 heterocycles. The second-order valence-electron chi connectivity index (χ2n) is 5.15. The number of carbonyl (C=O) groups is 2. The highest BCUT2D eigenvalue weighted by atomic mass is 16.4. The summed E-state index contributed by atoms with van der Waals surface area (Å²) in [7, 11) is -1.40. The van der Waals surface area contributed by atoms with Crippen molar-refractivity contribution in [2.75, 3.05) is 19.7 Å². The van der Waals surface area contributed by atoms with E-state index in [-0.39, 0.29) is 25.3 Å². The lowest BCUT2D eigenvalue weighted by molar-refractivity contribution is -0.142. The van der Waals surface area contributed by atoms with Crippen LogP contribution in [0.2, 0.25) is 6.32 Å². The highest BCUT2D eigenvalue weighted by Crippen LogP contribution is 2.28. The number of carbonyl (C=O) groups excluding carboxylic acids is 1. The molecule has 0 bridgehead atoms. The van der Waals surface area contributed by atoms with Gasteiger partial charge >= 0.3 is 13.1 Å². The molecular formula is C13H27BN2O6. The van der Waals surface area contributed by atoms with E-state index in [2.05, 4.69) is 0 Å². The number of aliphatic carboxylic acids is 1. The third kappa shape index (κ3) is 6.31. The molecule has 1 amide bonds. The standard InChI is InChI=1S/C11H21BN2O6.C2H6/c13-9(6-15)10(16)14-4-7(2-1-3-12(19)20)8(5-14)11(17)18;1-2/h7-9,15,19-20H,1-6,13H2,(H,17,18);1-2H3/t7-,8+,9?;/m0./s1. The summed E-state index contributed by atoms with van der Waals surface area (Å²) < 4.78 is 0. The molecule has 0 aliphatic carbocycles. The fourth-order valence-corrected chi connectivity index (χ4v) is 2.50. The number of likely N-dealkylation sites (tertiary alicyclic amines) is 1. The minimum absolute atomic E-state index is 0.0776. The van der Waals surface area contributed by atoms with Crippen molar-refractivity contribution in [1.82, 2.24) is 4.90 Å². The molecule has 1 aliphatic heterocycles.